The van der Waals surface area contributed by atoms with E-state index < -0.39 is 0 Å². The predicted molar refractivity (Wildman–Crippen MR) is 118 cm³/mol. The summed E-state index contributed by atoms with van der Waals surface area (Å²) in [5, 5.41) is 0. The summed E-state index contributed by atoms with van der Waals surface area (Å²) in [6.45, 7) is 12.5. The van der Waals surface area contributed by atoms with Crippen molar-refractivity contribution in [1.82, 2.24) is 0 Å². The molecule has 29 heavy (non-hydrogen) atoms. The molecule has 0 unspecified atom stereocenters. The smallest absolute Gasteiger partial charge is 0.164 e. The molecule has 4 aliphatic carbocycles. The average molecular weight is 401 g/mol. The van der Waals surface area contributed by atoms with Gasteiger partial charge in [0.2, 0.25) is 0 Å². The van der Waals surface area contributed by atoms with Gasteiger partial charge in [-0.05, 0) is 85.9 Å². The Labute approximate surface area is 178 Å². The normalized spacial score (nSPS) is 51.8. The number of epoxide rings is 1. The van der Waals surface area contributed by atoms with Gasteiger partial charge in [0.15, 0.2) is 5.78 Å². The van der Waals surface area contributed by atoms with Gasteiger partial charge in [-0.2, -0.15) is 0 Å². The van der Waals surface area contributed by atoms with Crippen molar-refractivity contribution in [1.29, 1.82) is 0 Å². The molecule has 0 aromatic heterocycles. The van der Waals surface area contributed by atoms with Crippen LogP contribution in [-0.2, 0) is 9.53 Å². The Morgan fingerprint density at radius 3 is 2.52 bits per heavy atom. The van der Waals surface area contributed by atoms with Crippen molar-refractivity contribution < 1.29 is 9.53 Å². The minimum Gasteiger partial charge on any atom is -0.357 e. The number of carbonyl (C=O) groups excluding carboxylic acids is 1. The standard InChI is InChI=1S/C27H44O2/c1-17(2)7-6-8-18(3)20-9-10-21-19-11-16-27-24(29-27)23(28)13-15-26(27,5)22(19)12-14-25(20,21)4/h17-22,24H,6-16H2,1-5H3/t18-,19-,20+,21-,22-,24-,25+,26+,27-/m0/s1. The van der Waals surface area contributed by atoms with Crippen molar-refractivity contribution in [3.63, 3.8) is 0 Å². The maximum absolute atomic E-state index is 12.3. The molecule has 1 heterocycles. The molecule has 5 rings (SSSR count). The van der Waals surface area contributed by atoms with Crippen LogP contribution in [0.2, 0.25) is 0 Å². The molecule has 0 N–H and O–H groups in total. The molecule has 4 saturated carbocycles. The van der Waals surface area contributed by atoms with E-state index in [1.54, 1.807) is 0 Å². The zero-order valence-corrected chi connectivity index (χ0v) is 19.6. The number of fused-ring (bicyclic) bond motifs is 4. The summed E-state index contributed by atoms with van der Waals surface area (Å²) in [6, 6.07) is 0. The number of Topliss-reactive ketones (excluding diaryl/α,β-unsaturated/α-hetero) is 1. The quantitative estimate of drug-likeness (QED) is 0.474. The number of ketones is 1. The first-order chi connectivity index (χ1) is 13.7. The van der Waals surface area contributed by atoms with Crippen LogP contribution in [0.3, 0.4) is 0 Å². The third-order valence-corrected chi connectivity index (χ3v) is 11.2. The molecule has 0 amide bonds. The van der Waals surface area contributed by atoms with E-state index >= 15 is 0 Å². The molecule has 9 atom stereocenters. The first-order valence-electron chi connectivity index (χ1n) is 12.9. The number of carbonyl (C=O) groups is 1. The van der Waals surface area contributed by atoms with Crippen molar-refractivity contribution >= 4 is 5.78 Å². The fourth-order valence-corrected chi connectivity index (χ4v) is 9.52. The molecule has 0 aromatic rings. The molecule has 164 valence electrons. The lowest BCUT2D eigenvalue weighted by molar-refractivity contribution is -0.132. The monoisotopic (exact) mass is 400 g/mol. The lowest BCUT2D eigenvalue weighted by Gasteiger charge is -2.59. The van der Waals surface area contributed by atoms with Crippen molar-refractivity contribution in [2.75, 3.05) is 0 Å². The van der Waals surface area contributed by atoms with E-state index in [9.17, 15) is 4.79 Å². The van der Waals surface area contributed by atoms with Gasteiger partial charge < -0.3 is 4.74 Å². The summed E-state index contributed by atoms with van der Waals surface area (Å²) in [4.78, 5) is 12.3. The van der Waals surface area contributed by atoms with Crippen LogP contribution in [0.4, 0.5) is 0 Å². The molecule has 2 heteroatoms. The van der Waals surface area contributed by atoms with E-state index in [0.717, 1.165) is 54.8 Å². The number of hydrogen-bond donors (Lipinski definition) is 0. The van der Waals surface area contributed by atoms with Crippen molar-refractivity contribution in [3.8, 4) is 0 Å². The van der Waals surface area contributed by atoms with Crippen LogP contribution in [0.1, 0.15) is 105 Å². The van der Waals surface area contributed by atoms with Crippen molar-refractivity contribution in [2.24, 2.45) is 46.3 Å². The second-order valence-electron chi connectivity index (χ2n) is 12.7. The molecule has 2 nitrogen and oxygen atoms in total. The summed E-state index contributed by atoms with van der Waals surface area (Å²) < 4.78 is 6.24. The van der Waals surface area contributed by atoms with Gasteiger partial charge in [0.25, 0.3) is 0 Å². The molecule has 0 aromatic carbocycles. The highest BCUT2D eigenvalue weighted by molar-refractivity contribution is 5.88. The number of hydrogen-bond acceptors (Lipinski definition) is 2. The SMILES string of the molecule is CC(C)CCC[C@H](C)[C@H]1CC[C@H]2[C@@H]3CC[C@]45O[C@H]4C(=O)CC[C@]5(C)[C@H]3CC[C@]12C. The van der Waals surface area contributed by atoms with E-state index in [0.29, 0.717) is 11.2 Å². The summed E-state index contributed by atoms with van der Waals surface area (Å²) in [5.74, 6) is 5.66. The lowest BCUT2D eigenvalue weighted by atomic mass is 9.44. The van der Waals surface area contributed by atoms with Gasteiger partial charge in [-0.1, -0.05) is 53.9 Å². The zero-order valence-electron chi connectivity index (χ0n) is 19.6. The van der Waals surface area contributed by atoms with Gasteiger partial charge in [-0.3, -0.25) is 4.79 Å². The average Bonchev–Trinajstić information content (AvgIpc) is 3.31. The van der Waals surface area contributed by atoms with E-state index in [2.05, 4.69) is 34.6 Å². The van der Waals surface area contributed by atoms with Gasteiger partial charge in [0, 0.05) is 11.8 Å². The van der Waals surface area contributed by atoms with Gasteiger partial charge in [0.05, 0.1) is 0 Å². The van der Waals surface area contributed by atoms with Crippen LogP contribution in [0.25, 0.3) is 0 Å². The van der Waals surface area contributed by atoms with Gasteiger partial charge in [-0.25, -0.2) is 0 Å². The highest BCUT2D eigenvalue weighted by Crippen LogP contribution is 2.73. The number of ether oxygens (including phenoxy) is 1. The Morgan fingerprint density at radius 2 is 1.76 bits per heavy atom. The third kappa shape index (κ3) is 2.79. The first kappa shape index (κ1) is 20.5. The highest BCUT2D eigenvalue weighted by Gasteiger charge is 2.76. The summed E-state index contributed by atoms with van der Waals surface area (Å²) in [5.41, 5.74) is 0.768. The van der Waals surface area contributed by atoms with Crippen molar-refractivity contribution in [3.05, 3.63) is 0 Å². The summed E-state index contributed by atoms with van der Waals surface area (Å²) in [7, 11) is 0. The predicted octanol–water partition coefficient (Wildman–Crippen LogP) is 6.81. The van der Waals surface area contributed by atoms with Crippen LogP contribution < -0.4 is 0 Å². The third-order valence-electron chi connectivity index (χ3n) is 11.2. The second-order valence-corrected chi connectivity index (χ2v) is 12.7. The Morgan fingerprint density at radius 1 is 0.966 bits per heavy atom. The summed E-state index contributed by atoms with van der Waals surface area (Å²) >= 11 is 0. The first-order valence-corrected chi connectivity index (χ1v) is 12.9. The van der Waals surface area contributed by atoms with E-state index in [4.69, 9.17) is 4.74 Å². The van der Waals surface area contributed by atoms with E-state index in [-0.39, 0.29) is 17.1 Å². The van der Waals surface area contributed by atoms with Gasteiger partial charge in [-0.15, -0.1) is 0 Å². The van der Waals surface area contributed by atoms with Crippen LogP contribution in [0.5, 0.6) is 0 Å². The molecule has 1 saturated heterocycles. The molecule has 5 aliphatic rings. The second kappa shape index (κ2) is 6.81. The van der Waals surface area contributed by atoms with E-state index in [1.807, 2.05) is 0 Å². The Hall–Kier alpha value is -0.370. The molecule has 0 bridgehead atoms. The minimum atomic E-state index is -0.0562. The molecular weight excluding hydrogens is 356 g/mol. The Balaban J connectivity index is 1.32. The van der Waals surface area contributed by atoms with E-state index in [1.165, 1.54) is 51.4 Å². The lowest BCUT2D eigenvalue weighted by Crippen LogP contribution is -2.58. The summed E-state index contributed by atoms with van der Waals surface area (Å²) in [6.07, 6.45) is 14.3. The number of rotatable bonds is 5. The topological polar surface area (TPSA) is 29.6 Å². The Bertz CT molecular complexity index is 669. The Kier molecular flexibility index (Phi) is 4.82. The molecule has 5 fully saturated rings. The molecule has 1 aliphatic heterocycles. The maximum Gasteiger partial charge on any atom is 0.164 e. The zero-order chi connectivity index (χ0) is 20.6. The van der Waals surface area contributed by atoms with Gasteiger partial charge in [0.1, 0.15) is 11.7 Å². The molecule has 1 spiro atoms. The van der Waals surface area contributed by atoms with Crippen LogP contribution in [-0.4, -0.2) is 17.5 Å². The van der Waals surface area contributed by atoms with Gasteiger partial charge >= 0.3 is 0 Å². The fraction of sp³-hybridized carbons (Fsp3) is 0.963. The fourth-order valence-electron chi connectivity index (χ4n) is 9.52. The van der Waals surface area contributed by atoms with Crippen LogP contribution in [0.15, 0.2) is 0 Å². The van der Waals surface area contributed by atoms with Crippen molar-refractivity contribution in [2.45, 2.75) is 117 Å². The molecular formula is C27H44O2. The molecule has 0 radical (unpaired) electrons. The largest absolute Gasteiger partial charge is 0.357 e. The van der Waals surface area contributed by atoms with Crippen LogP contribution in [0, 0.1) is 46.3 Å². The highest BCUT2D eigenvalue weighted by atomic mass is 16.6. The maximum atomic E-state index is 12.3. The minimum absolute atomic E-state index is 0.0344. The van der Waals surface area contributed by atoms with Crippen LogP contribution >= 0.6 is 0 Å².